The normalized spacial score (nSPS) is 23.0. The SMILES string of the molecule is CC1(C)c2ccccc2-c2cccc(-c3ccc(N(c4ccc(-c5cccc6sc7ccccc7c56)cc4)c4ccc5c(c4)C4(c6ccccc6-5)C5CC6CC(C5)CC4C6)cc3)c21. The highest BCUT2D eigenvalue weighted by Crippen LogP contribution is 2.69. The first kappa shape index (κ1) is 36.3. The molecule has 1 nitrogen and oxygen atoms in total. The molecule has 0 N–H and O–H groups in total. The van der Waals surface area contributed by atoms with Crippen LogP contribution in [0.25, 0.3) is 64.7 Å². The lowest BCUT2D eigenvalue weighted by Crippen LogP contribution is -2.55. The Hall–Kier alpha value is -6.22. The van der Waals surface area contributed by atoms with E-state index in [-0.39, 0.29) is 10.8 Å². The smallest absolute Gasteiger partial charge is 0.0465 e. The largest absolute Gasteiger partial charge is 0.310 e. The molecule has 0 saturated heterocycles. The molecule has 0 atom stereocenters. The van der Waals surface area contributed by atoms with Crippen LogP contribution in [0.4, 0.5) is 17.1 Å². The number of benzene rings is 8. The predicted molar refractivity (Wildman–Crippen MR) is 266 cm³/mol. The highest BCUT2D eigenvalue weighted by molar-refractivity contribution is 7.25. The van der Waals surface area contributed by atoms with E-state index in [0.717, 1.165) is 23.7 Å². The van der Waals surface area contributed by atoms with Crippen molar-refractivity contribution in [1.29, 1.82) is 0 Å². The number of thiophene rings is 1. The monoisotopic (exact) mass is 827 g/mol. The van der Waals surface area contributed by atoms with Crippen LogP contribution in [0.15, 0.2) is 176 Å². The second-order valence-electron chi connectivity index (χ2n) is 20.1. The lowest BCUT2D eigenvalue weighted by Gasteiger charge is -2.61. The van der Waals surface area contributed by atoms with Gasteiger partial charge in [-0.15, -0.1) is 11.3 Å². The summed E-state index contributed by atoms with van der Waals surface area (Å²) in [6.45, 7) is 4.79. The topological polar surface area (TPSA) is 3.24 Å². The maximum absolute atomic E-state index is 2.64. The van der Waals surface area contributed by atoms with Crippen molar-refractivity contribution in [3.8, 4) is 44.5 Å². The average Bonchev–Trinajstić information content (AvgIpc) is 3.92. The Morgan fingerprint density at radius 3 is 1.68 bits per heavy atom. The van der Waals surface area contributed by atoms with Crippen molar-refractivity contribution in [2.45, 2.75) is 56.8 Å². The highest BCUT2D eigenvalue weighted by atomic mass is 32.1. The second kappa shape index (κ2) is 13.2. The molecule has 4 bridgehead atoms. The third kappa shape index (κ3) is 4.99. The fourth-order valence-electron chi connectivity index (χ4n) is 14.4. The summed E-state index contributed by atoms with van der Waals surface area (Å²) in [5, 5.41) is 2.70. The molecule has 1 aromatic heterocycles. The maximum atomic E-state index is 2.64. The highest BCUT2D eigenvalue weighted by Gasteiger charge is 2.61. The van der Waals surface area contributed by atoms with Crippen molar-refractivity contribution in [3.63, 3.8) is 0 Å². The number of nitrogens with zero attached hydrogens (tertiary/aromatic N) is 1. The van der Waals surface area contributed by atoms with Gasteiger partial charge in [0.25, 0.3) is 0 Å². The second-order valence-corrected chi connectivity index (χ2v) is 21.1. The third-order valence-corrected chi connectivity index (χ3v) is 17.8. The molecule has 4 fully saturated rings. The number of fused-ring (bicyclic) bond motifs is 9. The molecular formula is C61H49NS. The van der Waals surface area contributed by atoms with Crippen molar-refractivity contribution in [3.05, 3.63) is 198 Å². The van der Waals surface area contributed by atoms with Crippen molar-refractivity contribution >= 4 is 48.6 Å². The van der Waals surface area contributed by atoms with Crippen LogP contribution in [0.1, 0.15) is 68.2 Å². The van der Waals surface area contributed by atoms with Gasteiger partial charge < -0.3 is 4.90 Å². The van der Waals surface area contributed by atoms with Crippen molar-refractivity contribution in [1.82, 2.24) is 0 Å². The van der Waals surface area contributed by atoms with E-state index < -0.39 is 0 Å². The molecular weight excluding hydrogens is 779 g/mol. The van der Waals surface area contributed by atoms with Gasteiger partial charge in [0.1, 0.15) is 0 Å². The fourth-order valence-corrected chi connectivity index (χ4v) is 15.5. The van der Waals surface area contributed by atoms with E-state index in [1.165, 1.54) is 125 Å². The van der Waals surface area contributed by atoms with E-state index >= 15 is 0 Å². The molecule has 6 aliphatic rings. The first-order valence-corrected chi connectivity index (χ1v) is 24.2. The van der Waals surface area contributed by atoms with E-state index in [9.17, 15) is 0 Å². The van der Waals surface area contributed by atoms with Gasteiger partial charge in [-0.1, -0.05) is 141 Å². The van der Waals surface area contributed by atoms with E-state index in [2.05, 4.69) is 195 Å². The van der Waals surface area contributed by atoms with Crippen LogP contribution in [-0.4, -0.2) is 0 Å². The molecule has 4 saturated carbocycles. The minimum atomic E-state index is -0.0789. The van der Waals surface area contributed by atoms with Crippen LogP contribution < -0.4 is 4.90 Å². The fraction of sp³-hybridized carbons (Fsp3) is 0.213. The number of hydrogen-bond acceptors (Lipinski definition) is 2. The zero-order valence-corrected chi connectivity index (χ0v) is 36.8. The minimum Gasteiger partial charge on any atom is -0.310 e. The van der Waals surface area contributed by atoms with Gasteiger partial charge in [-0.25, -0.2) is 0 Å². The van der Waals surface area contributed by atoms with Crippen LogP contribution in [0.5, 0.6) is 0 Å². The molecule has 15 rings (SSSR count). The average molecular weight is 828 g/mol. The van der Waals surface area contributed by atoms with E-state index in [1.54, 1.807) is 11.1 Å². The summed E-state index contributed by atoms with van der Waals surface area (Å²) in [4.78, 5) is 2.54. The van der Waals surface area contributed by atoms with Crippen molar-refractivity contribution < 1.29 is 0 Å². The molecule has 1 heterocycles. The molecule has 9 aromatic rings. The first-order valence-electron chi connectivity index (χ1n) is 23.3. The molecule has 1 spiro atoms. The number of anilines is 3. The molecule has 63 heavy (non-hydrogen) atoms. The Morgan fingerprint density at radius 1 is 0.429 bits per heavy atom. The summed E-state index contributed by atoms with van der Waals surface area (Å²) in [6, 6.07) is 67.5. The molecule has 0 unspecified atom stereocenters. The van der Waals surface area contributed by atoms with Crippen LogP contribution in [0, 0.1) is 23.7 Å². The molecule has 304 valence electrons. The summed E-state index contributed by atoms with van der Waals surface area (Å²) in [7, 11) is 0. The Morgan fingerprint density at radius 2 is 0.952 bits per heavy atom. The van der Waals surface area contributed by atoms with Crippen molar-refractivity contribution in [2.75, 3.05) is 4.90 Å². The van der Waals surface area contributed by atoms with Crippen molar-refractivity contribution in [2.24, 2.45) is 23.7 Å². The molecule has 6 aliphatic carbocycles. The lowest BCUT2D eigenvalue weighted by molar-refractivity contribution is -0.0399. The quantitative estimate of drug-likeness (QED) is 0.167. The standard InChI is InChI=1S/C61H49NS/c1-60(2)53-17-6-3-12-49(53)51-16-9-15-47(59(51)60)40-23-27-44(28-24-40)62(43-25-21-39(22-26-43)46-14-10-20-57-58(46)52-13-5-8-19-56(52)63-57)45-29-30-50-48-11-4-7-18-54(48)61(55(50)36-45)41-32-37-31-38(34-41)35-42(61)33-37/h3-30,36-38,41-42H,31-35H2,1-2H3. The molecule has 2 heteroatoms. The first-order chi connectivity index (χ1) is 30.9. The van der Waals surface area contributed by atoms with Gasteiger partial charge in [0.2, 0.25) is 0 Å². The Bertz CT molecular complexity index is 3300. The van der Waals surface area contributed by atoms with Crippen LogP contribution in [0.2, 0.25) is 0 Å². The molecule has 0 amide bonds. The Balaban J connectivity index is 0.922. The molecule has 0 aliphatic heterocycles. The summed E-state index contributed by atoms with van der Waals surface area (Å²) in [6.07, 6.45) is 7.00. The predicted octanol–water partition coefficient (Wildman–Crippen LogP) is 16.9. The minimum absolute atomic E-state index is 0.0789. The summed E-state index contributed by atoms with van der Waals surface area (Å²) >= 11 is 1.89. The Labute approximate surface area is 374 Å². The number of rotatable bonds is 5. The third-order valence-electron chi connectivity index (χ3n) is 16.7. The lowest BCUT2D eigenvalue weighted by atomic mass is 9.43. The van der Waals surface area contributed by atoms with Gasteiger partial charge in [0, 0.05) is 48.1 Å². The summed E-state index contributed by atoms with van der Waals surface area (Å²) < 4.78 is 2.68. The van der Waals surface area contributed by atoms with E-state index in [4.69, 9.17) is 0 Å². The molecule has 0 radical (unpaired) electrons. The zero-order chi connectivity index (χ0) is 41.6. The number of hydrogen-bond donors (Lipinski definition) is 0. The molecule has 8 aromatic carbocycles. The van der Waals surface area contributed by atoms with Gasteiger partial charge >= 0.3 is 0 Å². The van der Waals surface area contributed by atoms with Crippen LogP contribution in [-0.2, 0) is 10.8 Å². The van der Waals surface area contributed by atoms with Gasteiger partial charge in [-0.2, -0.15) is 0 Å². The van der Waals surface area contributed by atoms with Gasteiger partial charge in [-0.3, -0.25) is 0 Å². The van der Waals surface area contributed by atoms with E-state index in [0.29, 0.717) is 0 Å². The van der Waals surface area contributed by atoms with E-state index in [1.807, 2.05) is 11.3 Å². The Kier molecular flexibility index (Phi) is 7.58. The van der Waals surface area contributed by atoms with Gasteiger partial charge in [0.15, 0.2) is 0 Å². The maximum Gasteiger partial charge on any atom is 0.0465 e. The summed E-state index contributed by atoms with van der Waals surface area (Å²) in [5.74, 6) is 3.26. The van der Waals surface area contributed by atoms with Gasteiger partial charge in [0.05, 0.1) is 0 Å². The zero-order valence-electron chi connectivity index (χ0n) is 35.9. The summed E-state index contributed by atoms with van der Waals surface area (Å²) in [5.41, 5.74) is 20.5. The van der Waals surface area contributed by atoms with Crippen LogP contribution in [0.3, 0.4) is 0 Å². The van der Waals surface area contributed by atoms with Crippen LogP contribution >= 0.6 is 11.3 Å². The van der Waals surface area contributed by atoms with Gasteiger partial charge in [-0.05, 0) is 171 Å².